The van der Waals surface area contributed by atoms with E-state index in [2.05, 4.69) is 45.9 Å². The summed E-state index contributed by atoms with van der Waals surface area (Å²) in [6, 6.07) is 3.52. The van der Waals surface area contributed by atoms with E-state index in [4.69, 9.17) is 9.15 Å². The third-order valence-corrected chi connectivity index (χ3v) is 7.31. The molecule has 232 valence electrons. The molecule has 1 aliphatic heterocycles. The number of halogens is 3. The fraction of sp³-hybridized carbons (Fsp3) is 0.500. The summed E-state index contributed by atoms with van der Waals surface area (Å²) in [7, 11) is 2.10. The van der Waals surface area contributed by atoms with Gasteiger partial charge < -0.3 is 19.0 Å². The SMILES string of the molecule is C#C.C/C(=C(\OCC(C)(C)C1CC1)C(=O)N1CCc2nc[nH]c2C1)C(F)P.CC.CC.Fc1ccc(F)c2occc12. The van der Waals surface area contributed by atoms with E-state index in [0.29, 0.717) is 37.6 Å². The Hall–Kier alpha value is -3.24. The van der Waals surface area contributed by atoms with E-state index in [9.17, 15) is 18.0 Å². The number of allylic oxidation sites excluding steroid dienone is 1. The summed E-state index contributed by atoms with van der Waals surface area (Å²) in [5.74, 6) is -1.76. The number of alkyl halides is 1. The van der Waals surface area contributed by atoms with Gasteiger partial charge in [-0.25, -0.2) is 18.2 Å². The zero-order valence-electron chi connectivity index (χ0n) is 25.8. The number of rotatable bonds is 6. The Labute approximate surface area is 250 Å². The van der Waals surface area contributed by atoms with Crippen molar-refractivity contribution in [3.05, 3.63) is 65.1 Å². The molecule has 2 unspecified atom stereocenters. The predicted octanol–water partition coefficient (Wildman–Crippen LogP) is 8.20. The third kappa shape index (κ3) is 9.66. The van der Waals surface area contributed by atoms with Crippen molar-refractivity contribution in [1.82, 2.24) is 14.9 Å². The van der Waals surface area contributed by atoms with Gasteiger partial charge in [-0.05, 0) is 43.9 Å². The first kappa shape index (κ1) is 36.8. The van der Waals surface area contributed by atoms with Crippen LogP contribution in [0.25, 0.3) is 11.0 Å². The topological polar surface area (TPSA) is 71.4 Å². The number of furan rings is 1. The minimum absolute atomic E-state index is 0.00303. The Morgan fingerprint density at radius 1 is 1.19 bits per heavy atom. The normalized spacial score (nSPS) is 15.0. The van der Waals surface area contributed by atoms with Crippen LogP contribution in [0.1, 0.15) is 72.7 Å². The van der Waals surface area contributed by atoms with Crippen LogP contribution in [0.15, 0.2) is 46.5 Å². The summed E-state index contributed by atoms with van der Waals surface area (Å²) in [5, 5.41) is 0.185. The molecule has 6 nitrogen and oxygen atoms in total. The third-order valence-electron chi connectivity index (χ3n) is 6.81. The van der Waals surface area contributed by atoms with Crippen molar-refractivity contribution >= 4 is 26.1 Å². The molecule has 0 spiro atoms. The summed E-state index contributed by atoms with van der Waals surface area (Å²) < 4.78 is 50.0. The largest absolute Gasteiger partial charge is 0.487 e. The number of aromatic nitrogens is 2. The standard InChI is InChI=1S/C18H27FN3O2P.C8H4F2O.2C2H6.C2H2/c1-11(16(19)25)15(24-9-18(2,3)12-4-5-12)17(23)22-7-6-13-14(8-22)21-10-20-13;9-6-1-2-7(10)8-5(6)3-4-11-8;3*1-2/h10,12,16H,4-9,25H2,1-3H3,(H,20,21);1-4H;2*1-2H3;1-2H/b15-11+;;;;. The number of carbonyl (C=O) groups excluding carboxylic acids is 1. The fourth-order valence-electron chi connectivity index (χ4n) is 4.23. The van der Waals surface area contributed by atoms with Crippen molar-refractivity contribution < 1.29 is 27.1 Å². The van der Waals surface area contributed by atoms with E-state index in [1.807, 2.05) is 27.7 Å². The molecule has 0 radical (unpaired) electrons. The van der Waals surface area contributed by atoms with Crippen LogP contribution in [0.3, 0.4) is 0 Å². The van der Waals surface area contributed by atoms with E-state index in [1.165, 1.54) is 25.2 Å². The molecule has 1 aromatic carbocycles. The number of hydrogen-bond acceptors (Lipinski definition) is 4. The average molecular weight is 608 g/mol. The molecule has 1 fully saturated rings. The highest BCUT2D eigenvalue weighted by molar-refractivity contribution is 7.17. The number of imidazole rings is 1. The summed E-state index contributed by atoms with van der Waals surface area (Å²) in [6.45, 7) is 15.4. The van der Waals surface area contributed by atoms with Crippen molar-refractivity contribution in [3.63, 3.8) is 0 Å². The second kappa shape index (κ2) is 17.7. The van der Waals surface area contributed by atoms with Crippen LogP contribution < -0.4 is 0 Å². The van der Waals surface area contributed by atoms with Gasteiger partial charge in [0.1, 0.15) is 11.7 Å². The van der Waals surface area contributed by atoms with Gasteiger partial charge in [0.05, 0.1) is 42.5 Å². The molecular weight excluding hydrogens is 562 g/mol. The quantitative estimate of drug-likeness (QED) is 0.133. The molecular formula is C32H45F3N3O3P. The first-order valence-electron chi connectivity index (χ1n) is 14.3. The first-order valence-corrected chi connectivity index (χ1v) is 14.9. The summed E-state index contributed by atoms with van der Waals surface area (Å²) >= 11 is 0. The van der Waals surface area contributed by atoms with E-state index in [-0.39, 0.29) is 28.1 Å². The molecule has 1 N–H and O–H groups in total. The van der Waals surface area contributed by atoms with Crippen LogP contribution in [0.5, 0.6) is 0 Å². The Balaban J connectivity index is 0.000000431. The van der Waals surface area contributed by atoms with Crippen molar-refractivity contribution in [2.45, 2.75) is 80.2 Å². The monoisotopic (exact) mass is 607 g/mol. The molecule has 2 aromatic heterocycles. The highest BCUT2D eigenvalue weighted by Gasteiger charge is 2.39. The zero-order chi connectivity index (χ0) is 32.0. The van der Waals surface area contributed by atoms with Crippen molar-refractivity contribution in [2.24, 2.45) is 11.3 Å². The van der Waals surface area contributed by atoms with E-state index in [1.54, 1.807) is 18.2 Å². The lowest BCUT2D eigenvalue weighted by molar-refractivity contribution is -0.132. The Kier molecular flexibility index (Phi) is 15.5. The highest BCUT2D eigenvalue weighted by atomic mass is 31.0. The molecule has 1 amide bonds. The molecule has 10 heteroatoms. The number of ether oxygens (including phenoxy) is 1. The molecule has 3 heterocycles. The Morgan fingerprint density at radius 2 is 1.81 bits per heavy atom. The molecule has 42 heavy (non-hydrogen) atoms. The second-order valence-corrected chi connectivity index (χ2v) is 10.5. The Morgan fingerprint density at radius 3 is 2.38 bits per heavy atom. The lowest BCUT2D eigenvalue weighted by atomic mass is 9.88. The minimum atomic E-state index is -1.30. The maximum atomic E-state index is 13.9. The number of nitrogens with one attached hydrogen (secondary N) is 1. The number of H-pyrrole nitrogens is 1. The maximum Gasteiger partial charge on any atom is 0.289 e. The van der Waals surface area contributed by atoms with Gasteiger partial charge in [0, 0.05) is 24.0 Å². The lowest BCUT2D eigenvalue weighted by Crippen LogP contribution is -2.38. The summed E-state index contributed by atoms with van der Waals surface area (Å²) in [5.41, 5.74) is 2.24. The van der Waals surface area contributed by atoms with Crippen LogP contribution in [0.4, 0.5) is 13.2 Å². The number of fused-ring (bicyclic) bond motifs is 2. The molecule has 2 aliphatic rings. The van der Waals surface area contributed by atoms with Gasteiger partial charge in [-0.1, -0.05) is 50.8 Å². The zero-order valence-corrected chi connectivity index (χ0v) is 26.9. The Bertz CT molecular complexity index is 1270. The van der Waals surface area contributed by atoms with Crippen molar-refractivity contribution in [3.8, 4) is 12.8 Å². The molecule has 0 saturated heterocycles. The minimum Gasteiger partial charge on any atom is -0.487 e. The van der Waals surface area contributed by atoms with Crippen LogP contribution in [-0.2, 0) is 22.5 Å². The summed E-state index contributed by atoms with van der Waals surface area (Å²) in [4.78, 5) is 22.0. The maximum absolute atomic E-state index is 13.9. The van der Waals surface area contributed by atoms with Gasteiger partial charge in [0.25, 0.3) is 5.91 Å². The van der Waals surface area contributed by atoms with Gasteiger partial charge in [0.2, 0.25) is 0 Å². The van der Waals surface area contributed by atoms with Gasteiger partial charge in [0.15, 0.2) is 17.2 Å². The number of aromatic amines is 1. The van der Waals surface area contributed by atoms with Gasteiger partial charge in [-0.2, -0.15) is 0 Å². The van der Waals surface area contributed by atoms with Crippen LogP contribution >= 0.6 is 9.24 Å². The second-order valence-electron chi connectivity index (χ2n) is 9.96. The van der Waals surface area contributed by atoms with Gasteiger partial charge in [-0.15, -0.1) is 12.8 Å². The molecule has 0 bridgehead atoms. The van der Waals surface area contributed by atoms with Gasteiger partial charge >= 0.3 is 0 Å². The van der Waals surface area contributed by atoms with Crippen LogP contribution in [0, 0.1) is 35.8 Å². The van der Waals surface area contributed by atoms with Gasteiger partial charge in [-0.3, -0.25) is 4.79 Å². The predicted molar refractivity (Wildman–Crippen MR) is 166 cm³/mol. The molecule has 5 rings (SSSR count). The number of benzene rings is 1. The molecule has 1 aliphatic carbocycles. The molecule has 2 atom stereocenters. The molecule has 3 aromatic rings. The van der Waals surface area contributed by atoms with Crippen molar-refractivity contribution in [2.75, 3.05) is 13.2 Å². The van der Waals surface area contributed by atoms with E-state index < -0.39 is 17.5 Å². The van der Waals surface area contributed by atoms with E-state index in [0.717, 1.165) is 23.5 Å². The average Bonchev–Trinajstić information content (AvgIpc) is 3.57. The fourth-order valence-corrected chi connectivity index (χ4v) is 4.39. The lowest BCUT2D eigenvalue weighted by Gasteiger charge is -2.30. The highest BCUT2D eigenvalue weighted by Crippen LogP contribution is 2.45. The van der Waals surface area contributed by atoms with Crippen LogP contribution in [0.2, 0.25) is 0 Å². The van der Waals surface area contributed by atoms with E-state index >= 15 is 0 Å². The molecule has 1 saturated carbocycles. The smallest absolute Gasteiger partial charge is 0.289 e. The number of nitrogens with zero attached hydrogens (tertiary/aromatic N) is 2. The summed E-state index contributed by atoms with van der Waals surface area (Å²) in [6.07, 6.45) is 14.0. The number of terminal acetylenes is 1. The van der Waals surface area contributed by atoms with Crippen LogP contribution in [-0.4, -0.2) is 39.8 Å². The van der Waals surface area contributed by atoms with Crippen molar-refractivity contribution in [1.29, 1.82) is 0 Å². The number of hydrogen-bond donors (Lipinski definition) is 1. The number of amides is 1. The first-order chi connectivity index (χ1) is 20.1. The number of carbonyl (C=O) groups is 1.